The van der Waals surface area contributed by atoms with E-state index >= 15 is 0 Å². The Labute approximate surface area is 111 Å². The van der Waals surface area contributed by atoms with Crippen LogP contribution in [-0.2, 0) is 0 Å². The van der Waals surface area contributed by atoms with Crippen LogP contribution in [0.25, 0.3) is 0 Å². The maximum absolute atomic E-state index is 9.96. The fraction of sp³-hybridized carbons (Fsp3) is 0.625. The van der Waals surface area contributed by atoms with E-state index in [4.69, 9.17) is 0 Å². The first-order valence-electron chi connectivity index (χ1n) is 6.76. The van der Waals surface area contributed by atoms with Gasteiger partial charge >= 0.3 is 0 Å². The van der Waals surface area contributed by atoms with Gasteiger partial charge in [-0.3, -0.25) is 0 Å². The van der Waals surface area contributed by atoms with E-state index in [0.29, 0.717) is 6.54 Å². The fourth-order valence-corrected chi connectivity index (χ4v) is 2.06. The average molecular weight is 249 g/mol. The van der Waals surface area contributed by atoms with Gasteiger partial charge in [-0.05, 0) is 31.2 Å². The maximum atomic E-state index is 9.96. The van der Waals surface area contributed by atoms with Crippen molar-refractivity contribution >= 4 is 0 Å². The summed E-state index contributed by atoms with van der Waals surface area (Å²) in [5.41, 5.74) is 2.72. The Kier molecular flexibility index (Phi) is 5.36. The molecule has 1 rings (SSSR count). The highest BCUT2D eigenvalue weighted by Crippen LogP contribution is 2.21. The molecule has 102 valence electrons. The second kappa shape index (κ2) is 6.35. The molecule has 0 aliphatic rings. The summed E-state index contributed by atoms with van der Waals surface area (Å²) in [5, 5.41) is 13.4. The molecular formula is C16H27NO. The molecule has 1 aromatic carbocycles. The Morgan fingerprint density at radius 3 is 2.22 bits per heavy atom. The number of hydrogen-bond acceptors (Lipinski definition) is 2. The molecule has 2 nitrogen and oxygen atoms in total. The van der Waals surface area contributed by atoms with Gasteiger partial charge in [-0.25, -0.2) is 0 Å². The molecular weight excluding hydrogens is 222 g/mol. The number of aryl methyl sites for hydroxylation is 1. The molecule has 0 amide bonds. The predicted octanol–water partition coefficient (Wildman–Crippen LogP) is 3.44. The highest BCUT2D eigenvalue weighted by atomic mass is 16.3. The maximum Gasteiger partial charge on any atom is 0.0669 e. The molecule has 0 spiro atoms. The second-order valence-electron chi connectivity index (χ2n) is 6.46. The van der Waals surface area contributed by atoms with Crippen molar-refractivity contribution in [1.29, 1.82) is 0 Å². The van der Waals surface area contributed by atoms with Gasteiger partial charge in [0, 0.05) is 12.6 Å². The van der Waals surface area contributed by atoms with E-state index in [2.05, 4.69) is 64.2 Å². The normalized spacial score (nSPS) is 15.4. The third-order valence-electron chi connectivity index (χ3n) is 3.09. The van der Waals surface area contributed by atoms with Gasteiger partial charge in [0.05, 0.1) is 6.10 Å². The average Bonchev–Trinajstić information content (AvgIpc) is 2.24. The summed E-state index contributed by atoms with van der Waals surface area (Å²) in [5.74, 6) is 0. The van der Waals surface area contributed by atoms with Crippen molar-refractivity contribution in [2.24, 2.45) is 5.41 Å². The molecule has 1 aromatic rings. The van der Waals surface area contributed by atoms with E-state index in [1.54, 1.807) is 0 Å². The Hall–Kier alpha value is -0.860. The van der Waals surface area contributed by atoms with Crippen LogP contribution in [-0.4, -0.2) is 17.8 Å². The first-order chi connectivity index (χ1) is 8.28. The highest BCUT2D eigenvalue weighted by molar-refractivity contribution is 5.23. The molecule has 2 unspecified atom stereocenters. The van der Waals surface area contributed by atoms with E-state index < -0.39 is 0 Å². The molecule has 0 heterocycles. The topological polar surface area (TPSA) is 32.3 Å². The van der Waals surface area contributed by atoms with Crippen molar-refractivity contribution in [2.75, 3.05) is 6.54 Å². The lowest BCUT2D eigenvalue weighted by molar-refractivity contribution is 0.117. The van der Waals surface area contributed by atoms with Crippen molar-refractivity contribution in [3.63, 3.8) is 0 Å². The van der Waals surface area contributed by atoms with Gasteiger partial charge in [-0.1, -0.05) is 50.6 Å². The molecule has 0 aliphatic heterocycles. The Morgan fingerprint density at radius 2 is 1.72 bits per heavy atom. The number of nitrogens with one attached hydrogen (secondary N) is 1. The Bertz CT molecular complexity index is 350. The zero-order valence-corrected chi connectivity index (χ0v) is 12.3. The lowest BCUT2D eigenvalue weighted by Crippen LogP contribution is -2.31. The van der Waals surface area contributed by atoms with Gasteiger partial charge < -0.3 is 10.4 Å². The lowest BCUT2D eigenvalue weighted by Gasteiger charge is -2.24. The van der Waals surface area contributed by atoms with Crippen LogP contribution in [0, 0.1) is 12.3 Å². The molecule has 2 N–H and O–H groups in total. The number of benzene rings is 1. The lowest BCUT2D eigenvalue weighted by atomic mass is 9.89. The molecule has 0 fully saturated rings. The highest BCUT2D eigenvalue weighted by Gasteiger charge is 2.17. The van der Waals surface area contributed by atoms with Gasteiger partial charge in [0.1, 0.15) is 0 Å². The van der Waals surface area contributed by atoms with Crippen molar-refractivity contribution in [3.8, 4) is 0 Å². The van der Waals surface area contributed by atoms with E-state index in [1.165, 1.54) is 11.1 Å². The monoisotopic (exact) mass is 249 g/mol. The smallest absolute Gasteiger partial charge is 0.0669 e. The minimum Gasteiger partial charge on any atom is -0.392 e. The van der Waals surface area contributed by atoms with Gasteiger partial charge in [0.15, 0.2) is 0 Å². The molecule has 0 bridgehead atoms. The van der Waals surface area contributed by atoms with Crippen LogP contribution in [0.5, 0.6) is 0 Å². The minimum atomic E-state index is -0.280. The van der Waals surface area contributed by atoms with Gasteiger partial charge in [0.25, 0.3) is 0 Å². The summed E-state index contributed by atoms with van der Waals surface area (Å²) < 4.78 is 0. The van der Waals surface area contributed by atoms with Crippen LogP contribution in [0.2, 0.25) is 0 Å². The second-order valence-corrected chi connectivity index (χ2v) is 6.46. The van der Waals surface area contributed by atoms with Gasteiger partial charge in [0.2, 0.25) is 0 Å². The quantitative estimate of drug-likeness (QED) is 0.838. The van der Waals surface area contributed by atoms with Crippen molar-refractivity contribution in [2.45, 2.75) is 53.2 Å². The van der Waals surface area contributed by atoms with Crippen molar-refractivity contribution in [1.82, 2.24) is 5.32 Å². The molecule has 2 atom stereocenters. The largest absolute Gasteiger partial charge is 0.392 e. The zero-order chi connectivity index (χ0) is 13.8. The van der Waals surface area contributed by atoms with Crippen molar-refractivity contribution in [3.05, 3.63) is 35.4 Å². The van der Waals surface area contributed by atoms with Gasteiger partial charge in [-0.15, -0.1) is 0 Å². The molecule has 0 radical (unpaired) electrons. The first-order valence-corrected chi connectivity index (χ1v) is 6.76. The van der Waals surface area contributed by atoms with E-state index in [9.17, 15) is 5.11 Å². The van der Waals surface area contributed by atoms with E-state index in [-0.39, 0.29) is 17.6 Å². The van der Waals surface area contributed by atoms with Crippen LogP contribution < -0.4 is 5.32 Å². The molecule has 18 heavy (non-hydrogen) atoms. The SMILES string of the molecule is Cc1ccc(C(C)NCC(O)CC(C)(C)C)cc1. The number of hydrogen-bond donors (Lipinski definition) is 2. The zero-order valence-electron chi connectivity index (χ0n) is 12.3. The van der Waals surface area contributed by atoms with E-state index in [1.807, 2.05) is 0 Å². The van der Waals surface area contributed by atoms with Crippen LogP contribution in [0.3, 0.4) is 0 Å². The molecule has 0 saturated heterocycles. The molecule has 0 saturated carbocycles. The van der Waals surface area contributed by atoms with Crippen LogP contribution in [0.1, 0.15) is 51.3 Å². The molecule has 0 aliphatic carbocycles. The molecule has 0 aromatic heterocycles. The summed E-state index contributed by atoms with van der Waals surface area (Å²) in [6, 6.07) is 8.81. The van der Waals surface area contributed by atoms with Crippen molar-refractivity contribution < 1.29 is 5.11 Å². The van der Waals surface area contributed by atoms with Crippen LogP contribution in [0.4, 0.5) is 0 Å². The number of aliphatic hydroxyl groups excluding tert-OH is 1. The summed E-state index contributed by atoms with van der Waals surface area (Å²) in [6.45, 7) is 11.3. The predicted molar refractivity (Wildman–Crippen MR) is 77.7 cm³/mol. The fourth-order valence-electron chi connectivity index (χ4n) is 2.06. The van der Waals surface area contributed by atoms with Gasteiger partial charge in [-0.2, -0.15) is 0 Å². The first kappa shape index (κ1) is 15.2. The minimum absolute atomic E-state index is 0.175. The number of aliphatic hydroxyl groups is 1. The molecule has 2 heteroatoms. The van der Waals surface area contributed by atoms with Crippen LogP contribution in [0.15, 0.2) is 24.3 Å². The third-order valence-corrected chi connectivity index (χ3v) is 3.09. The number of rotatable bonds is 5. The summed E-state index contributed by atoms with van der Waals surface area (Å²) >= 11 is 0. The van der Waals surface area contributed by atoms with E-state index in [0.717, 1.165) is 6.42 Å². The summed E-state index contributed by atoms with van der Waals surface area (Å²) in [4.78, 5) is 0. The Balaban J connectivity index is 2.41. The standard InChI is InChI=1S/C16H27NO/c1-12-6-8-14(9-7-12)13(2)17-11-15(18)10-16(3,4)5/h6-9,13,15,17-18H,10-11H2,1-5H3. The Morgan fingerprint density at radius 1 is 1.17 bits per heavy atom. The third kappa shape index (κ3) is 5.65. The summed E-state index contributed by atoms with van der Waals surface area (Å²) in [7, 11) is 0. The van der Waals surface area contributed by atoms with Crippen LogP contribution >= 0.6 is 0 Å². The summed E-state index contributed by atoms with van der Waals surface area (Å²) in [6.07, 6.45) is 0.540.